The Morgan fingerprint density at radius 1 is 1.32 bits per heavy atom. The number of carbonyl (C=O) groups excluding carboxylic acids is 5. The summed E-state index contributed by atoms with van der Waals surface area (Å²) in [5.41, 5.74) is 10.0. The van der Waals surface area contributed by atoms with Crippen molar-refractivity contribution in [3.8, 4) is 0 Å². The van der Waals surface area contributed by atoms with E-state index in [0.29, 0.717) is 0 Å². The molecule has 3 rings (SSSR count). The number of thiazole rings is 1. The van der Waals surface area contributed by atoms with E-state index >= 15 is 0 Å². The highest BCUT2D eigenvalue weighted by molar-refractivity contribution is 8.00. The van der Waals surface area contributed by atoms with Gasteiger partial charge in [0.1, 0.15) is 29.4 Å². The van der Waals surface area contributed by atoms with Crippen LogP contribution in [0, 0.1) is 0 Å². The summed E-state index contributed by atoms with van der Waals surface area (Å²) in [6.45, 7) is 2.43. The number of carbonyl (C=O) groups is 5. The average Bonchev–Trinajstić information content (AvgIpc) is 3.26. The van der Waals surface area contributed by atoms with E-state index < -0.39 is 60.1 Å². The van der Waals surface area contributed by atoms with Gasteiger partial charge in [0.15, 0.2) is 10.8 Å². The van der Waals surface area contributed by atoms with E-state index in [9.17, 15) is 29.2 Å². The van der Waals surface area contributed by atoms with Crippen molar-refractivity contribution in [2.75, 3.05) is 24.7 Å². The molecule has 1 fully saturated rings. The van der Waals surface area contributed by atoms with Crippen molar-refractivity contribution in [2.45, 2.75) is 31.6 Å². The third-order valence-electron chi connectivity index (χ3n) is 4.79. The molecule has 18 heteroatoms. The Labute approximate surface area is 216 Å². The highest BCUT2D eigenvalue weighted by atomic mass is 32.2. The van der Waals surface area contributed by atoms with E-state index in [1.807, 2.05) is 0 Å². The van der Waals surface area contributed by atoms with Gasteiger partial charge in [0.2, 0.25) is 6.29 Å². The van der Waals surface area contributed by atoms with Crippen LogP contribution in [-0.4, -0.2) is 87.5 Å². The molecule has 0 radical (unpaired) electrons. The molecule has 0 aromatic carbocycles. The van der Waals surface area contributed by atoms with Gasteiger partial charge in [-0.3, -0.25) is 14.5 Å². The summed E-state index contributed by atoms with van der Waals surface area (Å²) in [7, 11) is 0. The minimum atomic E-state index is -1.38. The van der Waals surface area contributed by atoms with Crippen LogP contribution < -0.4 is 16.8 Å². The molecule has 16 nitrogen and oxygen atoms in total. The van der Waals surface area contributed by atoms with Gasteiger partial charge >= 0.3 is 18.2 Å². The van der Waals surface area contributed by atoms with Crippen molar-refractivity contribution in [3.05, 3.63) is 22.3 Å². The molecule has 0 spiro atoms. The predicted molar refractivity (Wildman–Crippen MR) is 126 cm³/mol. The first-order valence-electron chi connectivity index (χ1n) is 10.4. The molecular weight excluding hydrogens is 536 g/mol. The summed E-state index contributed by atoms with van der Waals surface area (Å²) in [5, 5.41) is 15.4. The van der Waals surface area contributed by atoms with Crippen molar-refractivity contribution >= 4 is 64.0 Å². The number of hydrogen-bond acceptors (Lipinski definition) is 15. The van der Waals surface area contributed by atoms with Crippen LogP contribution in [0.1, 0.15) is 19.5 Å². The maximum Gasteiger partial charge on any atom is 0.511 e. The van der Waals surface area contributed by atoms with Gasteiger partial charge in [-0.25, -0.2) is 19.4 Å². The number of ether oxygens (including phenoxy) is 4. The second-order valence-corrected chi connectivity index (χ2v) is 9.21. The van der Waals surface area contributed by atoms with Crippen LogP contribution in [0.15, 0.2) is 21.8 Å². The van der Waals surface area contributed by atoms with Gasteiger partial charge in [-0.05, 0) is 6.92 Å². The predicted octanol–water partition coefficient (Wildman–Crippen LogP) is -0.285. The standard InChI is InChI=1S/C19H22N6O10S2/c1-3-32-19(30)35-7(2)34-16(28)12-8(4-33-18(21)29)5-36-15-11(14(27)25(12)15)23-13(26)10(24-31)9-6-37-17(20)22-9/h6-7,11,15,31H,3-5H2,1-2H3,(H2,20,22)(H2,21,29)(H,23,26)/t7?,11?,15-/m0/s1. The molecule has 1 aromatic rings. The number of esters is 1. The lowest BCUT2D eigenvalue weighted by Crippen LogP contribution is -2.71. The van der Waals surface area contributed by atoms with Gasteiger partial charge in [0.25, 0.3) is 11.8 Å². The Hall–Kier alpha value is -4.06. The Morgan fingerprint density at radius 2 is 2.05 bits per heavy atom. The lowest BCUT2D eigenvalue weighted by Gasteiger charge is -2.49. The zero-order valence-electron chi connectivity index (χ0n) is 19.4. The molecule has 0 aliphatic carbocycles. The summed E-state index contributed by atoms with van der Waals surface area (Å²) in [5.74, 6) is -2.57. The van der Waals surface area contributed by atoms with Gasteiger partial charge < -0.3 is 40.9 Å². The van der Waals surface area contributed by atoms with Crippen molar-refractivity contribution < 1.29 is 48.1 Å². The number of nitrogens with one attached hydrogen (secondary N) is 1. The average molecular weight is 559 g/mol. The summed E-state index contributed by atoms with van der Waals surface area (Å²) >= 11 is 2.17. The second-order valence-electron chi connectivity index (χ2n) is 7.21. The number of rotatable bonds is 9. The number of anilines is 1. The normalized spacial score (nSPS) is 19.8. The van der Waals surface area contributed by atoms with Gasteiger partial charge in [0.05, 0.1) is 6.61 Å². The molecule has 2 unspecified atom stereocenters. The van der Waals surface area contributed by atoms with Crippen molar-refractivity contribution in [2.24, 2.45) is 10.9 Å². The van der Waals surface area contributed by atoms with Crippen molar-refractivity contribution in [3.63, 3.8) is 0 Å². The van der Waals surface area contributed by atoms with Crippen LogP contribution in [0.2, 0.25) is 0 Å². The Balaban J connectivity index is 1.77. The van der Waals surface area contributed by atoms with Crippen LogP contribution in [0.3, 0.4) is 0 Å². The number of aromatic nitrogens is 1. The number of oxime groups is 1. The molecular formula is C19H22N6O10S2. The molecule has 37 heavy (non-hydrogen) atoms. The maximum atomic E-state index is 13.0. The minimum absolute atomic E-state index is 0.00747. The van der Waals surface area contributed by atoms with E-state index in [4.69, 9.17) is 25.7 Å². The summed E-state index contributed by atoms with van der Waals surface area (Å²) in [6, 6.07) is -1.11. The fourth-order valence-corrected chi connectivity index (χ4v) is 5.15. The molecule has 200 valence electrons. The number of nitrogen functional groups attached to an aromatic ring is 1. The molecule has 3 atom stereocenters. The monoisotopic (exact) mass is 558 g/mol. The summed E-state index contributed by atoms with van der Waals surface area (Å²) in [4.78, 5) is 66.2. The van der Waals surface area contributed by atoms with Crippen LogP contribution in [0.5, 0.6) is 0 Å². The Bertz CT molecular complexity index is 1170. The molecule has 1 aromatic heterocycles. The highest BCUT2D eigenvalue weighted by Gasteiger charge is 2.55. The zero-order chi connectivity index (χ0) is 27.3. The largest absolute Gasteiger partial charge is 0.511 e. The minimum Gasteiger partial charge on any atom is -0.445 e. The number of nitrogens with two attached hydrogens (primary N) is 2. The lowest BCUT2D eigenvalue weighted by molar-refractivity contribution is -0.169. The smallest absolute Gasteiger partial charge is 0.445 e. The number of fused-ring (bicyclic) bond motifs is 1. The maximum absolute atomic E-state index is 13.0. The van der Waals surface area contributed by atoms with Gasteiger partial charge in [0, 0.05) is 23.6 Å². The molecule has 0 bridgehead atoms. The van der Waals surface area contributed by atoms with Crippen LogP contribution >= 0.6 is 23.1 Å². The molecule has 0 saturated carbocycles. The second kappa shape index (κ2) is 11.8. The van der Waals surface area contributed by atoms with E-state index in [1.165, 1.54) is 12.3 Å². The summed E-state index contributed by atoms with van der Waals surface area (Å²) < 4.78 is 19.3. The van der Waals surface area contributed by atoms with Crippen molar-refractivity contribution in [1.82, 2.24) is 15.2 Å². The SMILES string of the molecule is CCOC(=O)OC(C)OC(=O)C1=C(COC(N)=O)CS[C@H]2C(NC(=O)C(=NO)c3csc(N)n3)C(=O)N12. The fraction of sp³-hybridized carbons (Fsp3) is 0.421. The Morgan fingerprint density at radius 3 is 2.65 bits per heavy atom. The quantitative estimate of drug-likeness (QED) is 0.0581. The first-order valence-corrected chi connectivity index (χ1v) is 12.4. The third-order valence-corrected chi connectivity index (χ3v) is 6.81. The number of primary amides is 1. The Kier molecular flexibility index (Phi) is 8.77. The number of nitrogens with zero attached hydrogens (tertiary/aromatic N) is 3. The molecule has 3 heterocycles. The van der Waals surface area contributed by atoms with Gasteiger partial charge in [-0.1, -0.05) is 5.16 Å². The van der Waals surface area contributed by atoms with Crippen LogP contribution in [0.25, 0.3) is 0 Å². The molecule has 2 aliphatic rings. The van der Waals surface area contributed by atoms with E-state index in [1.54, 1.807) is 6.92 Å². The number of hydrogen-bond donors (Lipinski definition) is 4. The number of β-lactam (4-membered cyclic amide) rings is 1. The van der Waals surface area contributed by atoms with E-state index in [0.717, 1.165) is 28.0 Å². The fourth-order valence-electron chi connectivity index (χ4n) is 3.28. The number of thioether (sulfide) groups is 1. The van der Waals surface area contributed by atoms with Crippen LogP contribution in [0.4, 0.5) is 14.7 Å². The lowest BCUT2D eigenvalue weighted by atomic mass is 10.0. The van der Waals surface area contributed by atoms with E-state index in [2.05, 4.69) is 20.2 Å². The molecule has 6 N–H and O–H groups in total. The first-order chi connectivity index (χ1) is 17.6. The van der Waals surface area contributed by atoms with Crippen molar-refractivity contribution in [1.29, 1.82) is 0 Å². The number of amides is 3. The third kappa shape index (κ3) is 6.20. The molecule has 3 amide bonds. The highest BCUT2D eigenvalue weighted by Crippen LogP contribution is 2.41. The summed E-state index contributed by atoms with van der Waals surface area (Å²) in [6.07, 6.45) is -3.56. The molecule has 2 aliphatic heterocycles. The van der Waals surface area contributed by atoms with Gasteiger partial charge in [-0.2, -0.15) is 0 Å². The topological polar surface area (TPSA) is 235 Å². The molecule has 1 saturated heterocycles. The zero-order valence-corrected chi connectivity index (χ0v) is 21.0. The van der Waals surface area contributed by atoms with Gasteiger partial charge in [-0.15, -0.1) is 23.1 Å². The van der Waals surface area contributed by atoms with Crippen LogP contribution in [-0.2, 0) is 33.3 Å². The van der Waals surface area contributed by atoms with E-state index in [-0.39, 0.29) is 34.5 Å². The first kappa shape index (κ1) is 27.5.